The Morgan fingerprint density at radius 3 is 2.69 bits per heavy atom. The van der Waals surface area contributed by atoms with Gasteiger partial charge in [-0.05, 0) is 49.4 Å². The van der Waals surface area contributed by atoms with E-state index in [-0.39, 0.29) is 30.9 Å². The van der Waals surface area contributed by atoms with E-state index < -0.39 is 0 Å². The number of nitrogens with one attached hydrogen (secondary N) is 3. The first-order valence-corrected chi connectivity index (χ1v) is 10.2. The average molecular weight is 397 g/mol. The maximum Gasteiger partial charge on any atom is 0.279 e. The minimum absolute atomic E-state index is 0.0160. The van der Waals surface area contributed by atoms with Crippen LogP contribution in [0.5, 0.6) is 5.75 Å². The highest BCUT2D eigenvalue weighted by molar-refractivity contribution is 5.91. The Labute approximate surface area is 172 Å². The molecule has 0 saturated heterocycles. The van der Waals surface area contributed by atoms with Crippen LogP contribution in [-0.4, -0.2) is 38.6 Å². The van der Waals surface area contributed by atoms with Crippen molar-refractivity contribution in [1.82, 2.24) is 5.32 Å². The zero-order chi connectivity index (χ0) is 20.6. The standard InChI is InChI=1S/C23H29N3O3/c1-3-26(15-22(27)24-18-10-7-11-19(14-18)29-2)16-23(28)25-21-13-6-9-17-8-4-5-12-20(17)21/h4-5,7-8,10-12,14,21H,3,6,9,13,15-16H2,1-2H3,(H,24,27)(H,25,28)/p+1/t21-/m1/s1. The van der Waals surface area contributed by atoms with E-state index >= 15 is 0 Å². The van der Waals surface area contributed by atoms with Crippen molar-refractivity contribution in [2.24, 2.45) is 0 Å². The van der Waals surface area contributed by atoms with E-state index in [4.69, 9.17) is 4.74 Å². The van der Waals surface area contributed by atoms with Gasteiger partial charge in [-0.1, -0.05) is 30.3 Å². The SMILES string of the molecule is CC[NH+](CC(=O)Nc1cccc(OC)c1)CC(=O)N[C@@H]1CCCc2ccccc21. The first-order valence-electron chi connectivity index (χ1n) is 10.2. The fraction of sp³-hybridized carbons (Fsp3) is 0.391. The van der Waals surface area contributed by atoms with Crippen molar-refractivity contribution in [2.75, 3.05) is 32.1 Å². The molecule has 0 bridgehead atoms. The number of anilines is 1. The van der Waals surface area contributed by atoms with Crippen molar-refractivity contribution in [3.8, 4) is 5.75 Å². The molecule has 1 aliphatic carbocycles. The second-order valence-corrected chi connectivity index (χ2v) is 7.45. The number of amides is 2. The molecule has 0 saturated carbocycles. The number of ether oxygens (including phenoxy) is 1. The summed E-state index contributed by atoms with van der Waals surface area (Å²) in [6.07, 6.45) is 3.11. The van der Waals surface area contributed by atoms with Crippen LogP contribution >= 0.6 is 0 Å². The third-order valence-corrected chi connectivity index (χ3v) is 5.38. The van der Waals surface area contributed by atoms with Crippen molar-refractivity contribution >= 4 is 17.5 Å². The Morgan fingerprint density at radius 1 is 1.10 bits per heavy atom. The van der Waals surface area contributed by atoms with Gasteiger partial charge in [0.2, 0.25) is 0 Å². The Kier molecular flexibility index (Phi) is 7.25. The number of hydrogen-bond acceptors (Lipinski definition) is 3. The molecular weight excluding hydrogens is 366 g/mol. The molecule has 0 radical (unpaired) electrons. The zero-order valence-electron chi connectivity index (χ0n) is 17.2. The molecule has 3 rings (SSSR count). The predicted molar refractivity (Wildman–Crippen MR) is 113 cm³/mol. The quantitative estimate of drug-likeness (QED) is 0.636. The van der Waals surface area contributed by atoms with Crippen LogP contribution in [0.1, 0.15) is 36.9 Å². The normalized spacial score (nSPS) is 16.4. The van der Waals surface area contributed by atoms with Gasteiger partial charge in [0.15, 0.2) is 13.1 Å². The van der Waals surface area contributed by atoms with Gasteiger partial charge in [-0.3, -0.25) is 9.59 Å². The van der Waals surface area contributed by atoms with Gasteiger partial charge in [0.1, 0.15) is 5.75 Å². The van der Waals surface area contributed by atoms with Crippen LogP contribution in [0.25, 0.3) is 0 Å². The summed E-state index contributed by atoms with van der Waals surface area (Å²) in [6, 6.07) is 15.6. The van der Waals surface area contributed by atoms with Crippen LogP contribution < -0.4 is 20.3 Å². The summed E-state index contributed by atoms with van der Waals surface area (Å²) in [5.41, 5.74) is 3.23. The molecule has 0 heterocycles. The van der Waals surface area contributed by atoms with E-state index in [9.17, 15) is 9.59 Å². The van der Waals surface area contributed by atoms with Gasteiger partial charge in [0.05, 0.1) is 19.7 Å². The maximum atomic E-state index is 12.6. The van der Waals surface area contributed by atoms with Crippen LogP contribution in [0.2, 0.25) is 0 Å². The third-order valence-electron chi connectivity index (χ3n) is 5.38. The lowest BCUT2D eigenvalue weighted by Crippen LogP contribution is -3.14. The van der Waals surface area contributed by atoms with Gasteiger partial charge in [-0.15, -0.1) is 0 Å². The summed E-state index contributed by atoms with van der Waals surface area (Å²) in [6.45, 7) is 3.20. The number of benzene rings is 2. The lowest BCUT2D eigenvalue weighted by Gasteiger charge is -2.27. The molecular formula is C23H30N3O3+. The highest BCUT2D eigenvalue weighted by Gasteiger charge is 2.23. The van der Waals surface area contributed by atoms with Crippen molar-refractivity contribution in [1.29, 1.82) is 0 Å². The molecule has 6 heteroatoms. The van der Waals surface area contributed by atoms with E-state index in [2.05, 4.69) is 22.8 Å². The molecule has 3 N–H and O–H groups in total. The second-order valence-electron chi connectivity index (χ2n) is 7.45. The van der Waals surface area contributed by atoms with Gasteiger partial charge in [0.25, 0.3) is 11.8 Å². The Hall–Kier alpha value is -2.86. The second kappa shape index (κ2) is 10.1. The molecule has 0 aromatic heterocycles. The van der Waals surface area contributed by atoms with Crippen LogP contribution in [-0.2, 0) is 16.0 Å². The highest BCUT2D eigenvalue weighted by Crippen LogP contribution is 2.29. The Morgan fingerprint density at radius 2 is 1.90 bits per heavy atom. The largest absolute Gasteiger partial charge is 0.497 e. The molecule has 1 unspecified atom stereocenters. The number of rotatable bonds is 8. The smallest absolute Gasteiger partial charge is 0.279 e. The maximum absolute atomic E-state index is 12.6. The van der Waals surface area contributed by atoms with Crippen molar-refractivity contribution in [3.05, 3.63) is 59.7 Å². The molecule has 1 aliphatic rings. The number of methoxy groups -OCH3 is 1. The molecule has 2 amide bonds. The van der Waals surface area contributed by atoms with E-state index in [0.29, 0.717) is 18.0 Å². The lowest BCUT2D eigenvalue weighted by atomic mass is 9.88. The van der Waals surface area contributed by atoms with Crippen LogP contribution in [0, 0.1) is 0 Å². The number of carbonyl (C=O) groups excluding carboxylic acids is 2. The summed E-state index contributed by atoms with van der Waals surface area (Å²) < 4.78 is 5.18. The summed E-state index contributed by atoms with van der Waals surface area (Å²) in [5.74, 6) is 0.554. The van der Waals surface area contributed by atoms with Crippen molar-refractivity contribution in [2.45, 2.75) is 32.2 Å². The predicted octanol–water partition coefficient (Wildman–Crippen LogP) is 1.73. The Balaban J connectivity index is 1.53. The minimum atomic E-state index is -0.120. The number of hydrogen-bond donors (Lipinski definition) is 3. The molecule has 2 aromatic carbocycles. The van der Waals surface area contributed by atoms with Gasteiger partial charge in [-0.2, -0.15) is 0 Å². The molecule has 0 spiro atoms. The fourth-order valence-corrected chi connectivity index (χ4v) is 3.82. The van der Waals surface area contributed by atoms with Gasteiger partial charge < -0.3 is 20.3 Å². The topological polar surface area (TPSA) is 71.9 Å². The average Bonchev–Trinajstić information content (AvgIpc) is 2.73. The summed E-state index contributed by atoms with van der Waals surface area (Å²) in [4.78, 5) is 26.0. The van der Waals surface area contributed by atoms with Gasteiger partial charge in [-0.25, -0.2) is 0 Å². The monoisotopic (exact) mass is 396 g/mol. The zero-order valence-corrected chi connectivity index (χ0v) is 17.2. The van der Waals surface area contributed by atoms with Gasteiger partial charge in [0, 0.05) is 11.8 Å². The summed E-state index contributed by atoms with van der Waals surface area (Å²) in [7, 11) is 1.59. The number of aryl methyl sites for hydroxylation is 1. The van der Waals surface area contributed by atoms with Crippen molar-refractivity contribution in [3.63, 3.8) is 0 Å². The first-order chi connectivity index (χ1) is 14.1. The number of quaternary nitrogens is 1. The van der Waals surface area contributed by atoms with E-state index in [1.165, 1.54) is 11.1 Å². The highest BCUT2D eigenvalue weighted by atomic mass is 16.5. The number of likely N-dealkylation sites (N-methyl/N-ethyl adjacent to an activating group) is 1. The number of fused-ring (bicyclic) bond motifs is 1. The summed E-state index contributed by atoms with van der Waals surface area (Å²) in [5, 5.41) is 6.05. The fourth-order valence-electron chi connectivity index (χ4n) is 3.82. The van der Waals surface area contributed by atoms with Crippen LogP contribution in [0.4, 0.5) is 5.69 Å². The summed E-state index contributed by atoms with van der Waals surface area (Å²) >= 11 is 0. The number of carbonyl (C=O) groups is 2. The third kappa shape index (κ3) is 5.81. The van der Waals surface area contributed by atoms with Crippen molar-refractivity contribution < 1.29 is 19.2 Å². The molecule has 154 valence electrons. The molecule has 0 aliphatic heterocycles. The molecule has 2 atom stereocenters. The van der Waals surface area contributed by atoms with E-state index in [1.54, 1.807) is 13.2 Å². The van der Waals surface area contributed by atoms with Crippen LogP contribution in [0.15, 0.2) is 48.5 Å². The van der Waals surface area contributed by atoms with E-state index in [1.807, 2.05) is 37.3 Å². The molecule has 6 nitrogen and oxygen atoms in total. The van der Waals surface area contributed by atoms with Crippen LogP contribution in [0.3, 0.4) is 0 Å². The minimum Gasteiger partial charge on any atom is -0.497 e. The molecule has 29 heavy (non-hydrogen) atoms. The molecule has 0 fully saturated rings. The Bertz CT molecular complexity index is 853. The first kappa shape index (κ1) is 20.9. The van der Waals surface area contributed by atoms with Gasteiger partial charge >= 0.3 is 0 Å². The lowest BCUT2D eigenvalue weighted by molar-refractivity contribution is -0.881. The van der Waals surface area contributed by atoms with E-state index in [0.717, 1.165) is 24.2 Å². The molecule has 2 aromatic rings.